The summed E-state index contributed by atoms with van der Waals surface area (Å²) in [5.41, 5.74) is 0. The third-order valence-electron chi connectivity index (χ3n) is 1.21. The van der Waals surface area contributed by atoms with Gasteiger partial charge in [-0.05, 0) is 0 Å². The number of allylic oxidation sites excluding steroid dienone is 2. The topological polar surface area (TPSA) is 0 Å². The Morgan fingerprint density at radius 2 is 2.20 bits per heavy atom. The Morgan fingerprint density at radius 1 is 1.20 bits per heavy atom. The number of rotatable bonds is 0. The Hall–Kier alpha value is 1.17. The Bertz CT molecular complexity index is 140. The molecular formula is C7H11Se3. The van der Waals surface area contributed by atoms with Crippen LogP contribution in [-0.2, 0) is 0 Å². The van der Waals surface area contributed by atoms with E-state index in [4.69, 9.17) is 0 Å². The Labute approximate surface area is 77.3 Å². The summed E-state index contributed by atoms with van der Waals surface area (Å²) in [5.74, 6) is 0. The van der Waals surface area contributed by atoms with Gasteiger partial charge in [-0.3, -0.25) is 0 Å². The van der Waals surface area contributed by atoms with Gasteiger partial charge < -0.3 is 0 Å². The fourth-order valence-corrected chi connectivity index (χ4v) is 15.5. The van der Waals surface area contributed by atoms with Crippen molar-refractivity contribution in [2.24, 2.45) is 0 Å². The van der Waals surface area contributed by atoms with Gasteiger partial charge >= 0.3 is 77.7 Å². The third kappa shape index (κ3) is 4.90. The monoisotopic (exact) mass is 335 g/mol. The van der Waals surface area contributed by atoms with E-state index in [9.17, 15) is 0 Å². The molecule has 0 spiro atoms. The van der Waals surface area contributed by atoms with Crippen LogP contribution in [0.2, 0.25) is 5.32 Å². The molecule has 0 aliphatic carbocycles. The van der Waals surface area contributed by atoms with Gasteiger partial charge in [0, 0.05) is 0 Å². The van der Waals surface area contributed by atoms with Crippen molar-refractivity contribution in [2.45, 2.75) is 24.6 Å². The van der Waals surface area contributed by atoms with Crippen LogP contribution >= 0.6 is 0 Å². The maximum absolute atomic E-state index is 2.40. The van der Waals surface area contributed by atoms with Crippen molar-refractivity contribution in [1.29, 1.82) is 0 Å². The van der Waals surface area contributed by atoms with Crippen molar-refractivity contribution < 1.29 is 0 Å². The summed E-state index contributed by atoms with van der Waals surface area (Å²) in [6.45, 7) is 0. The number of hydrogen-bond donors (Lipinski definition) is 0. The molecule has 1 aliphatic heterocycles. The quantitative estimate of drug-likeness (QED) is 0.578. The molecule has 0 aromatic heterocycles. The minimum absolute atomic E-state index is 0.890. The van der Waals surface area contributed by atoms with Crippen molar-refractivity contribution in [3.8, 4) is 0 Å². The summed E-state index contributed by atoms with van der Waals surface area (Å²) in [4.78, 5) is 2.40. The summed E-state index contributed by atoms with van der Waals surface area (Å²) in [6.07, 6.45) is 8.84. The van der Waals surface area contributed by atoms with Crippen molar-refractivity contribution in [3.05, 3.63) is 12.2 Å². The summed E-state index contributed by atoms with van der Waals surface area (Å²) >= 11 is 1.93. The van der Waals surface area contributed by atoms with E-state index in [2.05, 4.69) is 17.1 Å². The molecule has 1 rings (SSSR count). The average molecular weight is 332 g/mol. The normalized spacial score (nSPS) is 22.4. The zero-order valence-electron chi connectivity index (χ0n) is 5.79. The van der Waals surface area contributed by atoms with Gasteiger partial charge in [-0.1, -0.05) is 0 Å². The van der Waals surface area contributed by atoms with Crippen LogP contribution in [0.1, 0.15) is 19.3 Å². The van der Waals surface area contributed by atoms with Gasteiger partial charge in [0.1, 0.15) is 0 Å². The summed E-state index contributed by atoms with van der Waals surface area (Å²) in [5, 5.41) is 1.55. The SMILES string of the molecule is C1=[Se][Se]=[Se]CCCC/C=C\1. The van der Waals surface area contributed by atoms with Crippen molar-refractivity contribution in [2.75, 3.05) is 0 Å². The molecular weight excluding hydrogens is 321 g/mol. The van der Waals surface area contributed by atoms with Gasteiger partial charge in [0.25, 0.3) is 0 Å². The fraction of sp³-hybridized carbons (Fsp3) is 0.571. The summed E-state index contributed by atoms with van der Waals surface area (Å²) < 4.78 is 0. The van der Waals surface area contributed by atoms with Crippen molar-refractivity contribution in [1.82, 2.24) is 0 Å². The molecule has 0 aromatic rings. The average Bonchev–Trinajstić information content (AvgIpc) is 2.01. The van der Waals surface area contributed by atoms with E-state index < -0.39 is 0 Å². The molecule has 0 saturated carbocycles. The second-order valence-electron chi connectivity index (χ2n) is 2.05. The summed E-state index contributed by atoms with van der Waals surface area (Å²) in [7, 11) is 1.03. The molecule has 3 radical (unpaired) electrons. The van der Waals surface area contributed by atoms with Crippen LogP contribution in [0, 0.1) is 0 Å². The van der Waals surface area contributed by atoms with Crippen LogP contribution in [0.15, 0.2) is 12.2 Å². The van der Waals surface area contributed by atoms with Crippen LogP contribution in [0.5, 0.6) is 0 Å². The Balaban J connectivity index is 2.40. The van der Waals surface area contributed by atoms with Gasteiger partial charge in [-0.15, -0.1) is 0 Å². The molecule has 0 aromatic carbocycles. The molecule has 0 atom stereocenters. The van der Waals surface area contributed by atoms with E-state index in [-0.39, 0.29) is 0 Å². The predicted molar refractivity (Wildman–Crippen MR) is 51.1 cm³/mol. The van der Waals surface area contributed by atoms with Crippen molar-refractivity contribution in [3.63, 3.8) is 0 Å². The first-order valence-electron chi connectivity index (χ1n) is 3.43. The van der Waals surface area contributed by atoms with E-state index in [0.717, 1.165) is 36.1 Å². The number of hydrogen-bond acceptors (Lipinski definition) is 0. The molecule has 0 N–H and O–H groups in total. The molecule has 0 saturated heterocycles. The Morgan fingerprint density at radius 3 is 3.20 bits per heavy atom. The zero-order valence-corrected chi connectivity index (χ0v) is 10.9. The molecule has 0 unspecified atom stereocenters. The van der Waals surface area contributed by atoms with Crippen LogP contribution < -0.4 is 0 Å². The van der Waals surface area contributed by atoms with Gasteiger partial charge in [0.05, 0.1) is 0 Å². The van der Waals surface area contributed by atoms with Crippen LogP contribution in [0.25, 0.3) is 0 Å². The van der Waals surface area contributed by atoms with E-state index in [1.807, 2.05) is 0 Å². The molecule has 0 bridgehead atoms. The van der Waals surface area contributed by atoms with Gasteiger partial charge in [-0.2, -0.15) is 0 Å². The van der Waals surface area contributed by atoms with Crippen LogP contribution in [-0.4, -0.2) is 41.0 Å². The predicted octanol–water partition coefficient (Wildman–Crippen LogP) is 0.890. The summed E-state index contributed by atoms with van der Waals surface area (Å²) in [6, 6.07) is 0. The first-order valence-corrected chi connectivity index (χ1v) is 14.3. The van der Waals surface area contributed by atoms with E-state index >= 15 is 0 Å². The van der Waals surface area contributed by atoms with Gasteiger partial charge in [0.15, 0.2) is 0 Å². The molecule has 1 aliphatic rings. The minimum atomic E-state index is 0.890. The van der Waals surface area contributed by atoms with Gasteiger partial charge in [-0.25, -0.2) is 0 Å². The molecule has 0 nitrogen and oxygen atoms in total. The second kappa shape index (κ2) is 6.85. The molecule has 57 valence electrons. The second-order valence-corrected chi connectivity index (χ2v) is 18.5. The molecule has 10 heavy (non-hydrogen) atoms. The fourth-order valence-electron chi connectivity index (χ4n) is 0.692. The Kier molecular flexibility index (Phi) is 6.34. The first kappa shape index (κ1) is 9.26. The molecule has 1 heterocycles. The van der Waals surface area contributed by atoms with Crippen LogP contribution in [0.3, 0.4) is 0 Å². The van der Waals surface area contributed by atoms with E-state index in [1.54, 1.807) is 5.32 Å². The van der Waals surface area contributed by atoms with Gasteiger partial charge in [0.2, 0.25) is 0 Å². The molecule has 0 fully saturated rings. The van der Waals surface area contributed by atoms with Crippen molar-refractivity contribution >= 4 is 41.0 Å². The van der Waals surface area contributed by atoms with E-state index in [0.29, 0.717) is 0 Å². The zero-order chi connectivity index (χ0) is 7.07. The van der Waals surface area contributed by atoms with E-state index in [1.165, 1.54) is 19.3 Å². The maximum atomic E-state index is 2.40. The molecule has 0 amide bonds. The first-order chi connectivity index (χ1) is 5.00. The molecule has 3 heteroatoms. The third-order valence-corrected chi connectivity index (χ3v) is 17.9. The standard InChI is InChI=1S/C7H11Se3/c1-2-4-6-8-10-9-7-5-3-1/h2,4,6H,1,3,5,7H2/b4-2-. The van der Waals surface area contributed by atoms with Crippen LogP contribution in [0.4, 0.5) is 0 Å².